The van der Waals surface area contributed by atoms with E-state index in [1.54, 1.807) is 17.4 Å². The van der Waals surface area contributed by atoms with Gasteiger partial charge in [-0.1, -0.05) is 13.0 Å². The number of hydrogen-bond acceptors (Lipinski definition) is 3. The Kier molecular flexibility index (Phi) is 3.54. The number of rotatable bonds is 4. The average molecular weight is 289 g/mol. The molecule has 2 N–H and O–H groups in total. The van der Waals surface area contributed by atoms with Crippen LogP contribution in [0.3, 0.4) is 0 Å². The standard InChI is InChI=1S/C15H16FN3S/c1-2-7-19-12-9-10(16)5-6-11(12)18-15(19)14(17)13-4-3-8-20-13/h3-6,8-9,14H,2,7,17H2,1H3. The van der Waals surface area contributed by atoms with Gasteiger partial charge in [-0.15, -0.1) is 11.3 Å². The van der Waals surface area contributed by atoms with Crippen LogP contribution in [0, 0.1) is 5.82 Å². The zero-order chi connectivity index (χ0) is 14.1. The van der Waals surface area contributed by atoms with Crippen molar-refractivity contribution in [2.75, 3.05) is 0 Å². The van der Waals surface area contributed by atoms with E-state index in [0.29, 0.717) is 0 Å². The maximum atomic E-state index is 13.5. The van der Waals surface area contributed by atoms with Gasteiger partial charge in [0.2, 0.25) is 0 Å². The quantitative estimate of drug-likeness (QED) is 0.796. The molecule has 104 valence electrons. The van der Waals surface area contributed by atoms with E-state index in [0.717, 1.165) is 34.7 Å². The maximum absolute atomic E-state index is 13.5. The van der Waals surface area contributed by atoms with Crippen molar-refractivity contribution in [2.24, 2.45) is 5.73 Å². The summed E-state index contributed by atoms with van der Waals surface area (Å²) in [6.45, 7) is 2.87. The highest BCUT2D eigenvalue weighted by molar-refractivity contribution is 7.10. The lowest BCUT2D eigenvalue weighted by Crippen LogP contribution is -2.17. The molecule has 0 amide bonds. The molecule has 0 radical (unpaired) electrons. The molecule has 0 saturated carbocycles. The Morgan fingerprint density at radius 2 is 2.25 bits per heavy atom. The fraction of sp³-hybridized carbons (Fsp3) is 0.267. The summed E-state index contributed by atoms with van der Waals surface area (Å²) in [6.07, 6.45) is 0.951. The highest BCUT2D eigenvalue weighted by Gasteiger charge is 2.19. The van der Waals surface area contributed by atoms with Gasteiger partial charge in [0, 0.05) is 11.4 Å². The Hall–Kier alpha value is -1.72. The van der Waals surface area contributed by atoms with Crippen LogP contribution in [0.15, 0.2) is 35.7 Å². The number of nitrogens with two attached hydrogens (primary N) is 1. The van der Waals surface area contributed by atoms with Gasteiger partial charge in [0.25, 0.3) is 0 Å². The number of imidazole rings is 1. The topological polar surface area (TPSA) is 43.8 Å². The minimum absolute atomic E-state index is 0.244. The second kappa shape index (κ2) is 5.34. The molecule has 0 fully saturated rings. The first-order valence-electron chi connectivity index (χ1n) is 6.65. The molecule has 2 heterocycles. The number of hydrogen-bond donors (Lipinski definition) is 1. The van der Waals surface area contributed by atoms with Gasteiger partial charge in [-0.25, -0.2) is 9.37 Å². The third-order valence-electron chi connectivity index (χ3n) is 3.31. The molecule has 1 aromatic carbocycles. The monoisotopic (exact) mass is 289 g/mol. The Bertz CT molecular complexity index is 718. The third kappa shape index (κ3) is 2.23. The number of fused-ring (bicyclic) bond motifs is 1. The van der Waals surface area contributed by atoms with Gasteiger partial charge >= 0.3 is 0 Å². The first-order chi connectivity index (χ1) is 9.70. The Labute approximate surface area is 120 Å². The van der Waals surface area contributed by atoms with Crippen molar-refractivity contribution in [1.82, 2.24) is 9.55 Å². The fourth-order valence-corrected chi connectivity index (χ4v) is 3.13. The molecular formula is C15H16FN3S. The highest BCUT2D eigenvalue weighted by atomic mass is 32.1. The number of thiophene rings is 1. The van der Waals surface area contributed by atoms with Crippen LogP contribution in [0.2, 0.25) is 0 Å². The van der Waals surface area contributed by atoms with Crippen molar-refractivity contribution in [3.63, 3.8) is 0 Å². The first-order valence-corrected chi connectivity index (χ1v) is 7.53. The minimum atomic E-state index is -0.267. The van der Waals surface area contributed by atoms with Crippen LogP contribution in [0.1, 0.15) is 30.1 Å². The van der Waals surface area contributed by atoms with Crippen molar-refractivity contribution < 1.29 is 4.39 Å². The molecule has 20 heavy (non-hydrogen) atoms. The number of aryl methyl sites for hydroxylation is 1. The van der Waals surface area contributed by atoms with Crippen molar-refractivity contribution in [2.45, 2.75) is 25.9 Å². The Balaban J connectivity index is 2.16. The molecule has 5 heteroatoms. The predicted octanol–water partition coefficient (Wildman–Crippen LogP) is 3.70. The lowest BCUT2D eigenvalue weighted by Gasteiger charge is -2.12. The number of nitrogens with zero attached hydrogens (tertiary/aromatic N) is 2. The smallest absolute Gasteiger partial charge is 0.132 e. The molecule has 3 rings (SSSR count). The zero-order valence-corrected chi connectivity index (χ0v) is 12.0. The summed E-state index contributed by atoms with van der Waals surface area (Å²) in [5, 5.41) is 2.00. The number of benzene rings is 1. The van der Waals surface area contributed by atoms with Gasteiger partial charge in [-0.05, 0) is 36.1 Å². The molecule has 0 saturated heterocycles. The summed E-state index contributed by atoms with van der Waals surface area (Å²) in [7, 11) is 0. The minimum Gasteiger partial charge on any atom is -0.326 e. The molecule has 0 aliphatic carbocycles. The molecule has 0 spiro atoms. The van der Waals surface area contributed by atoms with Gasteiger partial charge in [-0.2, -0.15) is 0 Å². The van der Waals surface area contributed by atoms with E-state index >= 15 is 0 Å². The van der Waals surface area contributed by atoms with E-state index in [1.165, 1.54) is 12.1 Å². The van der Waals surface area contributed by atoms with Crippen molar-refractivity contribution >= 4 is 22.4 Å². The van der Waals surface area contributed by atoms with Crippen LogP contribution in [0.5, 0.6) is 0 Å². The van der Waals surface area contributed by atoms with E-state index in [1.807, 2.05) is 22.1 Å². The summed E-state index contributed by atoms with van der Waals surface area (Å²) in [6, 6.07) is 8.39. The largest absolute Gasteiger partial charge is 0.326 e. The molecule has 1 atom stereocenters. The normalized spacial score (nSPS) is 12.9. The SMILES string of the molecule is CCCn1c(C(N)c2cccs2)nc2ccc(F)cc21. The van der Waals surface area contributed by atoms with E-state index < -0.39 is 0 Å². The van der Waals surface area contributed by atoms with Crippen LogP contribution >= 0.6 is 11.3 Å². The van der Waals surface area contributed by atoms with Gasteiger partial charge in [-0.3, -0.25) is 0 Å². The molecule has 0 aliphatic heterocycles. The van der Waals surface area contributed by atoms with Crippen molar-refractivity contribution in [3.8, 4) is 0 Å². The Morgan fingerprint density at radius 3 is 2.95 bits per heavy atom. The summed E-state index contributed by atoms with van der Waals surface area (Å²) in [5.74, 6) is 0.556. The van der Waals surface area contributed by atoms with Gasteiger partial charge < -0.3 is 10.3 Å². The first kappa shape index (κ1) is 13.3. The van der Waals surface area contributed by atoms with Gasteiger partial charge in [0.1, 0.15) is 11.6 Å². The van der Waals surface area contributed by atoms with Crippen molar-refractivity contribution in [3.05, 3.63) is 52.2 Å². The Morgan fingerprint density at radius 1 is 1.40 bits per heavy atom. The number of aromatic nitrogens is 2. The highest BCUT2D eigenvalue weighted by Crippen LogP contribution is 2.27. The molecule has 1 unspecified atom stereocenters. The summed E-state index contributed by atoms with van der Waals surface area (Å²) in [5.41, 5.74) is 7.93. The van der Waals surface area contributed by atoms with Crippen molar-refractivity contribution in [1.29, 1.82) is 0 Å². The van der Waals surface area contributed by atoms with Crippen LogP contribution in [-0.2, 0) is 6.54 Å². The summed E-state index contributed by atoms with van der Waals surface area (Å²) >= 11 is 1.61. The zero-order valence-electron chi connectivity index (χ0n) is 11.2. The molecule has 3 nitrogen and oxygen atoms in total. The molecule has 0 bridgehead atoms. The summed E-state index contributed by atoms with van der Waals surface area (Å²) < 4.78 is 15.5. The van der Waals surface area contributed by atoms with E-state index in [-0.39, 0.29) is 11.9 Å². The second-order valence-corrected chi connectivity index (χ2v) is 5.73. The second-order valence-electron chi connectivity index (χ2n) is 4.75. The van der Waals surface area contributed by atoms with E-state index in [9.17, 15) is 4.39 Å². The molecule has 0 aliphatic rings. The molecule has 2 aromatic heterocycles. The lowest BCUT2D eigenvalue weighted by molar-refractivity contribution is 0.618. The number of halogens is 1. The maximum Gasteiger partial charge on any atom is 0.132 e. The average Bonchev–Trinajstić information content (AvgIpc) is 3.07. The predicted molar refractivity (Wildman–Crippen MR) is 80.3 cm³/mol. The fourth-order valence-electron chi connectivity index (χ4n) is 2.41. The van der Waals surface area contributed by atoms with E-state index in [4.69, 9.17) is 5.73 Å². The van der Waals surface area contributed by atoms with Crippen LogP contribution in [-0.4, -0.2) is 9.55 Å². The van der Waals surface area contributed by atoms with Gasteiger partial charge in [0.05, 0.1) is 17.1 Å². The van der Waals surface area contributed by atoms with Crippen LogP contribution < -0.4 is 5.73 Å². The van der Waals surface area contributed by atoms with Crippen LogP contribution in [0.4, 0.5) is 4.39 Å². The molecule has 3 aromatic rings. The molecular weight excluding hydrogens is 273 g/mol. The van der Waals surface area contributed by atoms with Gasteiger partial charge in [0.15, 0.2) is 0 Å². The van der Waals surface area contributed by atoms with Crippen LogP contribution in [0.25, 0.3) is 11.0 Å². The lowest BCUT2D eigenvalue weighted by atomic mass is 10.2. The van der Waals surface area contributed by atoms with E-state index in [2.05, 4.69) is 11.9 Å². The summed E-state index contributed by atoms with van der Waals surface area (Å²) in [4.78, 5) is 5.67. The third-order valence-corrected chi connectivity index (χ3v) is 4.27.